The first-order valence-electron chi connectivity index (χ1n) is 11.9. The maximum absolute atomic E-state index is 5.99. The lowest BCUT2D eigenvalue weighted by Crippen LogP contribution is -2.47. The Hall–Kier alpha value is -1.98. The zero-order valence-electron chi connectivity index (χ0n) is 20.4. The van der Waals surface area contributed by atoms with Gasteiger partial charge in [0, 0.05) is 24.7 Å². The van der Waals surface area contributed by atoms with Gasteiger partial charge in [0.05, 0.1) is 30.6 Å². The summed E-state index contributed by atoms with van der Waals surface area (Å²) in [4.78, 5) is 12.6. The van der Waals surface area contributed by atoms with Gasteiger partial charge in [-0.2, -0.15) is 4.98 Å². The van der Waals surface area contributed by atoms with Crippen LogP contribution in [0.25, 0.3) is 11.4 Å². The van der Waals surface area contributed by atoms with Crippen LogP contribution in [0.2, 0.25) is 0 Å². The molecule has 0 saturated carbocycles. The number of nitrogens with zero attached hydrogens (tertiary/aromatic N) is 3. The number of hydrogen-bond acceptors (Lipinski definition) is 5. The Bertz CT molecular complexity index is 851. The molecule has 0 spiro atoms. The molecule has 1 aromatic heterocycles. The minimum atomic E-state index is 0.221. The Balaban J connectivity index is 2.11. The molecule has 1 unspecified atom stereocenters. The quantitative estimate of drug-likeness (QED) is 0.556. The number of aryl methyl sites for hydroxylation is 3. The summed E-state index contributed by atoms with van der Waals surface area (Å²) in [5.41, 5.74) is 5.88. The summed E-state index contributed by atoms with van der Waals surface area (Å²) in [6.45, 7) is 14.9. The molecule has 170 valence electrons. The van der Waals surface area contributed by atoms with Crippen molar-refractivity contribution in [1.82, 2.24) is 14.9 Å². The Morgan fingerprint density at radius 2 is 1.68 bits per heavy atom. The van der Waals surface area contributed by atoms with Crippen molar-refractivity contribution in [2.24, 2.45) is 0 Å². The minimum Gasteiger partial charge on any atom is -0.481 e. The largest absolute Gasteiger partial charge is 0.481 e. The molecule has 2 aromatic rings. The molecule has 1 aliphatic heterocycles. The van der Waals surface area contributed by atoms with Crippen LogP contribution < -0.4 is 4.74 Å². The second-order valence-corrected chi connectivity index (χ2v) is 8.73. The fraction of sp³-hybridized carbons (Fsp3) is 0.615. The number of methoxy groups -OCH3 is 1. The number of aromatic nitrogens is 2. The van der Waals surface area contributed by atoms with E-state index in [4.69, 9.17) is 19.4 Å². The van der Waals surface area contributed by atoms with Gasteiger partial charge in [-0.25, -0.2) is 4.98 Å². The lowest BCUT2D eigenvalue weighted by molar-refractivity contribution is -0.0823. The maximum atomic E-state index is 5.99. The van der Waals surface area contributed by atoms with Gasteiger partial charge in [0.15, 0.2) is 5.82 Å². The Labute approximate surface area is 188 Å². The van der Waals surface area contributed by atoms with E-state index in [1.165, 1.54) is 16.7 Å². The Morgan fingerprint density at radius 3 is 2.19 bits per heavy atom. The van der Waals surface area contributed by atoms with Crippen LogP contribution in [0, 0.1) is 6.92 Å². The predicted octanol–water partition coefficient (Wildman–Crippen LogP) is 5.54. The van der Waals surface area contributed by atoms with E-state index < -0.39 is 0 Å². The summed E-state index contributed by atoms with van der Waals surface area (Å²) < 4.78 is 11.9. The van der Waals surface area contributed by atoms with Crippen molar-refractivity contribution >= 4 is 0 Å². The maximum Gasteiger partial charge on any atom is 0.221 e. The van der Waals surface area contributed by atoms with Gasteiger partial charge in [0.25, 0.3) is 0 Å². The van der Waals surface area contributed by atoms with Crippen molar-refractivity contribution in [2.75, 3.05) is 20.2 Å². The molecule has 1 aliphatic rings. The zero-order chi connectivity index (χ0) is 22.5. The first-order valence-corrected chi connectivity index (χ1v) is 11.9. The van der Waals surface area contributed by atoms with Gasteiger partial charge < -0.3 is 9.47 Å². The average Bonchev–Trinajstić information content (AvgIpc) is 2.75. The third-order valence-corrected chi connectivity index (χ3v) is 6.30. The molecule has 2 heterocycles. The molecule has 1 aromatic carbocycles. The number of morpholine rings is 1. The molecule has 5 heteroatoms. The first kappa shape index (κ1) is 23.7. The number of rotatable bonds is 8. The molecule has 0 aliphatic carbocycles. The normalized spacial score (nSPS) is 20.6. The van der Waals surface area contributed by atoms with Crippen LogP contribution in [0.15, 0.2) is 18.2 Å². The van der Waals surface area contributed by atoms with Gasteiger partial charge in [0.1, 0.15) is 0 Å². The minimum absolute atomic E-state index is 0.221. The lowest BCUT2D eigenvalue weighted by Gasteiger charge is -2.40. The van der Waals surface area contributed by atoms with Gasteiger partial charge in [-0.1, -0.05) is 45.4 Å². The van der Waals surface area contributed by atoms with Crippen molar-refractivity contribution in [1.29, 1.82) is 0 Å². The lowest BCUT2D eigenvalue weighted by atomic mass is 9.95. The van der Waals surface area contributed by atoms with E-state index in [0.717, 1.165) is 55.9 Å². The molecule has 31 heavy (non-hydrogen) atoms. The molecule has 0 radical (unpaired) electrons. The van der Waals surface area contributed by atoms with Crippen LogP contribution in [-0.2, 0) is 17.6 Å². The Kier molecular flexibility index (Phi) is 8.06. The molecule has 1 fully saturated rings. The summed E-state index contributed by atoms with van der Waals surface area (Å²) in [6, 6.07) is 6.74. The second-order valence-electron chi connectivity index (χ2n) is 8.73. The predicted molar refractivity (Wildman–Crippen MR) is 127 cm³/mol. The van der Waals surface area contributed by atoms with Crippen LogP contribution in [0.1, 0.15) is 75.9 Å². The molecule has 5 nitrogen and oxygen atoms in total. The number of ether oxygens (including phenoxy) is 2. The van der Waals surface area contributed by atoms with Crippen LogP contribution >= 0.6 is 0 Å². The van der Waals surface area contributed by atoms with E-state index in [9.17, 15) is 0 Å². The molecular formula is C26H39N3O2. The summed E-state index contributed by atoms with van der Waals surface area (Å²) in [5.74, 6) is 1.49. The van der Waals surface area contributed by atoms with Crippen LogP contribution in [0.4, 0.5) is 0 Å². The summed E-state index contributed by atoms with van der Waals surface area (Å²) in [7, 11) is 1.73. The van der Waals surface area contributed by atoms with Crippen molar-refractivity contribution < 1.29 is 9.47 Å². The van der Waals surface area contributed by atoms with E-state index in [0.29, 0.717) is 5.88 Å². The van der Waals surface area contributed by atoms with Crippen LogP contribution in [0.5, 0.6) is 5.88 Å². The highest BCUT2D eigenvalue weighted by Gasteiger charge is 2.32. The van der Waals surface area contributed by atoms with Gasteiger partial charge in [-0.15, -0.1) is 0 Å². The van der Waals surface area contributed by atoms with Crippen molar-refractivity contribution in [3.63, 3.8) is 0 Å². The molecular weight excluding hydrogens is 386 g/mol. The smallest absolute Gasteiger partial charge is 0.221 e. The zero-order valence-corrected chi connectivity index (χ0v) is 20.4. The summed E-state index contributed by atoms with van der Waals surface area (Å²) >= 11 is 0. The van der Waals surface area contributed by atoms with E-state index in [-0.39, 0.29) is 18.2 Å². The van der Waals surface area contributed by atoms with Gasteiger partial charge in [-0.3, -0.25) is 4.90 Å². The standard InChI is InChI=1S/C26H39N3O2/c1-8-12-22(29-15-17(4)31-18(5)16-29)23-19(6)27-25(28-26(23)30-7)24-20(9-2)13-11-14-21(24)10-3/h11,13-14,17-18,22H,8-10,12,15-16H2,1-7H3/t17-,18+,22?. The van der Waals surface area contributed by atoms with Crippen molar-refractivity contribution in [2.45, 2.75) is 85.5 Å². The van der Waals surface area contributed by atoms with Gasteiger partial charge in [-0.05, 0) is 51.2 Å². The van der Waals surface area contributed by atoms with E-state index in [1.807, 2.05) is 0 Å². The van der Waals surface area contributed by atoms with Gasteiger partial charge in [0.2, 0.25) is 5.88 Å². The van der Waals surface area contributed by atoms with E-state index in [2.05, 4.69) is 64.6 Å². The molecule has 3 atom stereocenters. The highest BCUT2D eigenvalue weighted by molar-refractivity contribution is 5.66. The third-order valence-electron chi connectivity index (χ3n) is 6.30. The third kappa shape index (κ3) is 5.09. The Morgan fingerprint density at radius 1 is 1.06 bits per heavy atom. The van der Waals surface area contributed by atoms with Crippen LogP contribution in [0.3, 0.4) is 0 Å². The second kappa shape index (κ2) is 10.6. The van der Waals surface area contributed by atoms with Crippen molar-refractivity contribution in [3.8, 4) is 17.3 Å². The van der Waals surface area contributed by atoms with E-state index >= 15 is 0 Å². The molecule has 0 N–H and O–H groups in total. The van der Waals surface area contributed by atoms with Crippen molar-refractivity contribution in [3.05, 3.63) is 40.6 Å². The molecule has 3 rings (SSSR count). The van der Waals surface area contributed by atoms with Crippen LogP contribution in [-0.4, -0.2) is 47.3 Å². The summed E-state index contributed by atoms with van der Waals surface area (Å²) in [5, 5.41) is 0. The highest BCUT2D eigenvalue weighted by atomic mass is 16.5. The first-order chi connectivity index (χ1) is 14.9. The highest BCUT2D eigenvalue weighted by Crippen LogP contribution is 2.37. The molecule has 1 saturated heterocycles. The average molecular weight is 426 g/mol. The number of benzene rings is 1. The topological polar surface area (TPSA) is 47.5 Å². The van der Waals surface area contributed by atoms with E-state index in [1.54, 1.807) is 7.11 Å². The molecule has 0 amide bonds. The number of hydrogen-bond donors (Lipinski definition) is 0. The fourth-order valence-electron chi connectivity index (χ4n) is 4.99. The molecule has 0 bridgehead atoms. The monoisotopic (exact) mass is 425 g/mol. The summed E-state index contributed by atoms with van der Waals surface area (Å²) in [6.07, 6.45) is 4.49. The SMILES string of the molecule is CCCC(c1c(C)nc(-c2c(CC)cccc2CC)nc1OC)N1C[C@@H](C)O[C@@H](C)C1. The van der Waals surface area contributed by atoms with Gasteiger partial charge >= 0.3 is 0 Å². The fourth-order valence-corrected chi connectivity index (χ4v) is 4.99.